The van der Waals surface area contributed by atoms with E-state index in [2.05, 4.69) is 26.1 Å². The number of ether oxygens (including phenoxy) is 2. The van der Waals surface area contributed by atoms with Crippen LogP contribution in [-0.4, -0.2) is 38.4 Å². The molecule has 0 aromatic heterocycles. The molecule has 1 N–H and O–H groups in total. The van der Waals surface area contributed by atoms with Crippen molar-refractivity contribution in [2.24, 2.45) is 11.3 Å². The molecule has 0 aromatic rings. The van der Waals surface area contributed by atoms with Crippen molar-refractivity contribution in [3.63, 3.8) is 0 Å². The van der Waals surface area contributed by atoms with Gasteiger partial charge in [-0.2, -0.15) is 0 Å². The zero-order chi connectivity index (χ0) is 13.8. The molecule has 0 spiro atoms. The Morgan fingerprint density at radius 2 is 2.11 bits per heavy atom. The second kappa shape index (κ2) is 6.02. The molecule has 106 valence electrons. The van der Waals surface area contributed by atoms with Crippen LogP contribution in [0.3, 0.4) is 0 Å². The fourth-order valence-electron chi connectivity index (χ4n) is 2.41. The van der Waals surface area contributed by atoms with Crippen molar-refractivity contribution in [1.29, 1.82) is 0 Å². The van der Waals surface area contributed by atoms with Crippen LogP contribution >= 0.6 is 0 Å². The van der Waals surface area contributed by atoms with Gasteiger partial charge in [0.05, 0.1) is 7.11 Å². The molecule has 1 rings (SSSR count). The summed E-state index contributed by atoms with van der Waals surface area (Å²) in [6, 6.07) is 0. The SMILES string of the molecule is CCCO[C@]1(C(=O)OC)CNCC(C(C)(C)C)C1. The van der Waals surface area contributed by atoms with Crippen LogP contribution in [-0.2, 0) is 14.3 Å². The van der Waals surface area contributed by atoms with Gasteiger partial charge >= 0.3 is 5.97 Å². The Kier molecular flexibility index (Phi) is 5.17. The summed E-state index contributed by atoms with van der Waals surface area (Å²) in [4.78, 5) is 12.1. The first-order valence-corrected chi connectivity index (χ1v) is 6.79. The lowest BCUT2D eigenvalue weighted by Crippen LogP contribution is -2.58. The zero-order valence-corrected chi connectivity index (χ0v) is 12.3. The van der Waals surface area contributed by atoms with E-state index in [9.17, 15) is 4.79 Å². The van der Waals surface area contributed by atoms with Crippen LogP contribution < -0.4 is 5.32 Å². The zero-order valence-electron chi connectivity index (χ0n) is 12.3. The van der Waals surface area contributed by atoms with Gasteiger partial charge in [0, 0.05) is 13.2 Å². The predicted molar refractivity (Wildman–Crippen MR) is 71.4 cm³/mol. The highest BCUT2D eigenvalue weighted by Crippen LogP contribution is 2.36. The van der Waals surface area contributed by atoms with Crippen LogP contribution in [0.2, 0.25) is 0 Å². The molecule has 1 heterocycles. The van der Waals surface area contributed by atoms with Crippen molar-refractivity contribution in [1.82, 2.24) is 5.32 Å². The van der Waals surface area contributed by atoms with E-state index < -0.39 is 5.60 Å². The second-order valence-electron chi connectivity index (χ2n) is 6.23. The molecule has 18 heavy (non-hydrogen) atoms. The van der Waals surface area contributed by atoms with Gasteiger partial charge in [0.2, 0.25) is 0 Å². The van der Waals surface area contributed by atoms with Crippen molar-refractivity contribution < 1.29 is 14.3 Å². The standard InChI is InChI=1S/C14H27NO3/c1-6-7-18-14(12(16)17-5)8-11(9-15-10-14)13(2,3)4/h11,15H,6-10H2,1-5H3/t11?,14-/m0/s1. The number of hydrogen-bond donors (Lipinski definition) is 1. The molecule has 1 unspecified atom stereocenters. The molecule has 0 radical (unpaired) electrons. The Hall–Kier alpha value is -0.610. The molecule has 4 heteroatoms. The molecule has 0 saturated carbocycles. The van der Waals surface area contributed by atoms with Crippen molar-refractivity contribution in [3.8, 4) is 0 Å². The molecule has 0 amide bonds. The van der Waals surface area contributed by atoms with Gasteiger partial charge < -0.3 is 14.8 Å². The number of esters is 1. The lowest BCUT2D eigenvalue weighted by atomic mass is 9.72. The van der Waals surface area contributed by atoms with Crippen LogP contribution in [0.4, 0.5) is 0 Å². The van der Waals surface area contributed by atoms with Crippen molar-refractivity contribution in [3.05, 3.63) is 0 Å². The van der Waals surface area contributed by atoms with Gasteiger partial charge in [-0.15, -0.1) is 0 Å². The van der Waals surface area contributed by atoms with Crippen molar-refractivity contribution in [2.45, 2.75) is 46.1 Å². The number of piperidine rings is 1. The summed E-state index contributed by atoms with van der Waals surface area (Å²) >= 11 is 0. The largest absolute Gasteiger partial charge is 0.467 e. The fraction of sp³-hybridized carbons (Fsp3) is 0.929. The van der Waals surface area contributed by atoms with Crippen LogP contribution in [0.1, 0.15) is 40.5 Å². The highest BCUT2D eigenvalue weighted by Gasteiger charge is 2.47. The van der Waals surface area contributed by atoms with Crippen molar-refractivity contribution >= 4 is 5.97 Å². The van der Waals surface area contributed by atoms with Crippen LogP contribution in [0, 0.1) is 11.3 Å². The van der Waals surface area contributed by atoms with Crippen molar-refractivity contribution in [2.75, 3.05) is 26.8 Å². The van der Waals surface area contributed by atoms with Crippen LogP contribution in [0.25, 0.3) is 0 Å². The van der Waals surface area contributed by atoms with Gasteiger partial charge in [0.25, 0.3) is 0 Å². The number of carbonyl (C=O) groups is 1. The minimum atomic E-state index is -0.805. The summed E-state index contributed by atoms with van der Waals surface area (Å²) in [7, 11) is 1.43. The van der Waals surface area contributed by atoms with E-state index in [-0.39, 0.29) is 11.4 Å². The molecular weight excluding hydrogens is 230 g/mol. The normalized spacial score (nSPS) is 29.1. The molecule has 1 aliphatic heterocycles. The van der Waals surface area contributed by atoms with E-state index in [4.69, 9.17) is 9.47 Å². The van der Waals surface area contributed by atoms with E-state index in [1.54, 1.807) is 0 Å². The number of carbonyl (C=O) groups excluding carboxylic acids is 1. The maximum Gasteiger partial charge on any atom is 0.339 e. The summed E-state index contributed by atoms with van der Waals surface area (Å²) in [5, 5.41) is 3.33. The van der Waals surface area contributed by atoms with E-state index in [0.29, 0.717) is 19.1 Å². The minimum Gasteiger partial charge on any atom is -0.467 e. The van der Waals surface area contributed by atoms with Gasteiger partial charge in [0.15, 0.2) is 5.60 Å². The Morgan fingerprint density at radius 3 is 2.61 bits per heavy atom. The third-order valence-electron chi connectivity index (χ3n) is 3.74. The highest BCUT2D eigenvalue weighted by molar-refractivity contribution is 5.80. The molecule has 0 bridgehead atoms. The topological polar surface area (TPSA) is 47.6 Å². The van der Waals surface area contributed by atoms with E-state index in [1.165, 1.54) is 7.11 Å². The van der Waals surface area contributed by atoms with Crippen LogP contribution in [0.5, 0.6) is 0 Å². The summed E-state index contributed by atoms with van der Waals surface area (Å²) in [5.41, 5.74) is -0.650. The molecule has 0 aliphatic carbocycles. The monoisotopic (exact) mass is 257 g/mol. The summed E-state index contributed by atoms with van der Waals surface area (Å²) in [6.45, 7) is 10.7. The van der Waals surface area contributed by atoms with Crippen LogP contribution in [0.15, 0.2) is 0 Å². The maximum atomic E-state index is 12.1. The Morgan fingerprint density at radius 1 is 1.44 bits per heavy atom. The van der Waals surface area contributed by atoms with Gasteiger partial charge in [-0.25, -0.2) is 4.79 Å². The molecule has 1 fully saturated rings. The average molecular weight is 257 g/mol. The van der Waals surface area contributed by atoms with Gasteiger partial charge in [-0.05, 0) is 30.7 Å². The first-order valence-electron chi connectivity index (χ1n) is 6.79. The predicted octanol–water partition coefficient (Wildman–Crippen LogP) is 1.98. The molecule has 1 saturated heterocycles. The minimum absolute atomic E-state index is 0.155. The number of methoxy groups -OCH3 is 1. The molecule has 2 atom stereocenters. The lowest BCUT2D eigenvalue weighted by Gasteiger charge is -2.43. The summed E-state index contributed by atoms with van der Waals surface area (Å²) < 4.78 is 10.8. The first-order chi connectivity index (χ1) is 8.35. The van der Waals surface area contributed by atoms with E-state index >= 15 is 0 Å². The van der Waals surface area contributed by atoms with E-state index in [1.807, 2.05) is 6.92 Å². The third kappa shape index (κ3) is 3.45. The number of hydrogen-bond acceptors (Lipinski definition) is 4. The molecule has 0 aromatic carbocycles. The molecule has 4 nitrogen and oxygen atoms in total. The average Bonchev–Trinajstić information content (AvgIpc) is 2.34. The van der Waals surface area contributed by atoms with Gasteiger partial charge in [0.1, 0.15) is 0 Å². The molecule has 1 aliphatic rings. The number of rotatable bonds is 4. The quantitative estimate of drug-likeness (QED) is 0.782. The Labute approximate surface area is 110 Å². The Bertz CT molecular complexity index is 285. The highest BCUT2D eigenvalue weighted by atomic mass is 16.6. The summed E-state index contributed by atoms with van der Waals surface area (Å²) in [5.74, 6) is 0.152. The molecular formula is C14H27NO3. The maximum absolute atomic E-state index is 12.1. The first kappa shape index (κ1) is 15.4. The van der Waals surface area contributed by atoms with E-state index in [0.717, 1.165) is 19.4 Å². The second-order valence-corrected chi connectivity index (χ2v) is 6.23. The smallest absolute Gasteiger partial charge is 0.339 e. The number of nitrogens with one attached hydrogen (secondary N) is 1. The Balaban J connectivity index is 2.85. The fourth-order valence-corrected chi connectivity index (χ4v) is 2.41. The van der Waals surface area contributed by atoms with Gasteiger partial charge in [-0.3, -0.25) is 0 Å². The lowest BCUT2D eigenvalue weighted by molar-refractivity contribution is -0.176. The third-order valence-corrected chi connectivity index (χ3v) is 3.74. The van der Waals surface area contributed by atoms with Gasteiger partial charge in [-0.1, -0.05) is 27.7 Å². The summed E-state index contributed by atoms with van der Waals surface area (Å²) in [6.07, 6.45) is 1.63.